The van der Waals surface area contributed by atoms with Gasteiger partial charge >= 0.3 is 0 Å². The highest BCUT2D eigenvalue weighted by atomic mass is 35.5. The Kier molecular flexibility index (Phi) is 8.19. The van der Waals surface area contributed by atoms with Crippen molar-refractivity contribution in [3.8, 4) is 5.88 Å². The maximum atomic E-state index is 11.7. The molecule has 180 valence electrons. The highest BCUT2D eigenvalue weighted by Crippen LogP contribution is 2.33. The average Bonchev–Trinajstić information content (AvgIpc) is 3.17. The number of carbonyl (C=O) groups excluding carboxylic acids is 1. The number of nitrogens with one attached hydrogen (secondary N) is 3. The molecule has 0 radical (unpaired) electrons. The number of hydrogen-bond donors (Lipinski definition) is 4. The fraction of sp³-hybridized carbons (Fsp3) is 0.120. The molecule has 0 saturated carbocycles. The van der Waals surface area contributed by atoms with Gasteiger partial charge in [0.2, 0.25) is 5.91 Å². The van der Waals surface area contributed by atoms with E-state index in [1.54, 1.807) is 13.1 Å². The zero-order valence-corrected chi connectivity index (χ0v) is 19.6. The first kappa shape index (κ1) is 25.4. The predicted molar refractivity (Wildman–Crippen MR) is 138 cm³/mol. The van der Waals surface area contributed by atoms with Gasteiger partial charge in [-0.1, -0.05) is 42.5 Å². The lowest BCUT2D eigenvalue weighted by Crippen LogP contribution is -2.31. The number of aromatic hydroxyl groups is 1. The van der Waals surface area contributed by atoms with E-state index in [4.69, 9.17) is 4.99 Å². The van der Waals surface area contributed by atoms with Crippen molar-refractivity contribution in [3.05, 3.63) is 99.6 Å². The first-order valence-corrected chi connectivity index (χ1v) is 10.6. The molecule has 0 bridgehead atoms. The highest BCUT2D eigenvalue weighted by molar-refractivity contribution is 6.22. The Labute approximate surface area is 207 Å². The summed E-state index contributed by atoms with van der Waals surface area (Å²) in [5.41, 5.74) is 3.62. The van der Waals surface area contributed by atoms with Crippen LogP contribution in [0.5, 0.6) is 5.88 Å². The van der Waals surface area contributed by atoms with E-state index in [1.807, 2.05) is 54.6 Å². The number of fused-ring (bicyclic) bond motifs is 1. The molecular weight excluding hydrogens is 470 g/mol. The van der Waals surface area contributed by atoms with Gasteiger partial charge in [-0.25, -0.2) is 4.99 Å². The van der Waals surface area contributed by atoms with Crippen LogP contribution in [0, 0.1) is 10.1 Å². The van der Waals surface area contributed by atoms with Gasteiger partial charge in [-0.15, -0.1) is 12.4 Å². The lowest BCUT2D eigenvalue weighted by Gasteiger charge is -2.09. The minimum absolute atomic E-state index is 0. The van der Waals surface area contributed by atoms with E-state index in [2.05, 4.69) is 15.6 Å². The van der Waals surface area contributed by atoms with Crippen molar-refractivity contribution in [1.82, 2.24) is 15.6 Å². The second-order valence-corrected chi connectivity index (χ2v) is 7.64. The van der Waals surface area contributed by atoms with Crippen molar-refractivity contribution < 1.29 is 14.8 Å². The number of benzene rings is 3. The number of aromatic nitrogens is 1. The third kappa shape index (κ3) is 5.84. The largest absolute Gasteiger partial charge is 0.494 e. The molecule has 9 nitrogen and oxygen atoms in total. The number of nitrogens with zero attached hydrogens (tertiary/aromatic N) is 2. The maximum absolute atomic E-state index is 11.7. The number of aromatic amines is 1. The number of hydrogen-bond acceptors (Lipinski definition) is 6. The van der Waals surface area contributed by atoms with Gasteiger partial charge in [0.05, 0.1) is 28.4 Å². The lowest BCUT2D eigenvalue weighted by atomic mass is 10.0. The van der Waals surface area contributed by atoms with Gasteiger partial charge in [-0.3, -0.25) is 14.9 Å². The van der Waals surface area contributed by atoms with E-state index in [1.165, 1.54) is 12.1 Å². The molecule has 10 heteroatoms. The van der Waals surface area contributed by atoms with E-state index in [0.717, 1.165) is 11.1 Å². The molecule has 0 aliphatic carbocycles. The Balaban J connectivity index is 0.00000342. The molecule has 0 atom stereocenters. The van der Waals surface area contributed by atoms with Crippen LogP contribution in [-0.4, -0.2) is 40.2 Å². The van der Waals surface area contributed by atoms with Crippen LogP contribution >= 0.6 is 12.4 Å². The lowest BCUT2D eigenvalue weighted by molar-refractivity contribution is -0.384. The molecule has 0 fully saturated rings. The molecule has 1 amide bonds. The third-order valence-corrected chi connectivity index (χ3v) is 5.26. The molecule has 0 unspecified atom stereocenters. The summed E-state index contributed by atoms with van der Waals surface area (Å²) in [6.07, 6.45) is 0. The summed E-state index contributed by atoms with van der Waals surface area (Å²) in [7, 11) is 1.71. The number of halogens is 1. The Morgan fingerprint density at radius 2 is 1.80 bits per heavy atom. The average molecular weight is 494 g/mol. The van der Waals surface area contributed by atoms with Gasteiger partial charge in [-0.05, 0) is 30.8 Å². The smallest absolute Gasteiger partial charge is 0.270 e. The minimum atomic E-state index is -0.472. The zero-order chi connectivity index (χ0) is 24.1. The number of likely N-dealkylation sites (N-methyl/N-ethyl adjacent to an activating group) is 1. The van der Waals surface area contributed by atoms with Crippen molar-refractivity contribution >= 4 is 46.3 Å². The predicted octanol–water partition coefficient (Wildman–Crippen LogP) is 4.21. The number of aliphatic imine (C=N–C) groups is 1. The first-order valence-electron chi connectivity index (χ1n) is 10.6. The summed E-state index contributed by atoms with van der Waals surface area (Å²) in [5, 5.41) is 28.2. The van der Waals surface area contributed by atoms with Crippen LogP contribution in [0.25, 0.3) is 10.9 Å². The molecule has 0 aliphatic heterocycles. The zero-order valence-electron chi connectivity index (χ0n) is 18.8. The van der Waals surface area contributed by atoms with Gasteiger partial charge in [-0.2, -0.15) is 0 Å². The number of non-ortho nitro benzene ring substituents is 1. The van der Waals surface area contributed by atoms with Crippen LogP contribution in [-0.2, 0) is 11.3 Å². The number of carbonyl (C=O) groups is 1. The van der Waals surface area contributed by atoms with E-state index >= 15 is 0 Å². The van der Waals surface area contributed by atoms with Crippen LogP contribution in [0.2, 0.25) is 0 Å². The van der Waals surface area contributed by atoms with Crippen molar-refractivity contribution in [3.63, 3.8) is 0 Å². The van der Waals surface area contributed by atoms with Crippen LogP contribution < -0.4 is 10.6 Å². The molecular formula is C25H24ClN5O4. The second-order valence-electron chi connectivity index (χ2n) is 7.64. The molecule has 1 heterocycles. The van der Waals surface area contributed by atoms with Gasteiger partial charge in [0, 0.05) is 35.1 Å². The van der Waals surface area contributed by atoms with E-state index in [9.17, 15) is 20.0 Å². The third-order valence-electron chi connectivity index (χ3n) is 5.26. The molecule has 4 rings (SSSR count). The van der Waals surface area contributed by atoms with Gasteiger partial charge in [0.25, 0.3) is 5.69 Å². The van der Waals surface area contributed by atoms with Crippen LogP contribution in [0.3, 0.4) is 0 Å². The van der Waals surface area contributed by atoms with E-state index in [0.29, 0.717) is 34.4 Å². The fourth-order valence-corrected chi connectivity index (χ4v) is 3.62. The highest BCUT2D eigenvalue weighted by Gasteiger charge is 2.20. The van der Waals surface area contributed by atoms with Crippen LogP contribution in [0.15, 0.2) is 77.8 Å². The van der Waals surface area contributed by atoms with Crippen molar-refractivity contribution in [2.75, 3.05) is 13.6 Å². The van der Waals surface area contributed by atoms with Gasteiger partial charge in [0.15, 0.2) is 5.88 Å². The summed E-state index contributed by atoms with van der Waals surface area (Å²) in [5.74, 6) is -0.221. The first-order chi connectivity index (χ1) is 16.5. The Bertz CT molecular complexity index is 1370. The maximum Gasteiger partial charge on any atom is 0.270 e. The summed E-state index contributed by atoms with van der Waals surface area (Å²) in [6.45, 7) is 0.637. The Hall–Kier alpha value is -4.21. The fourth-order valence-electron chi connectivity index (χ4n) is 3.62. The normalized spacial score (nSPS) is 11.2. The minimum Gasteiger partial charge on any atom is -0.494 e. The molecule has 0 saturated heterocycles. The molecule has 4 N–H and O–H groups in total. The molecule has 0 spiro atoms. The monoisotopic (exact) mass is 493 g/mol. The van der Waals surface area contributed by atoms with Gasteiger partial charge in [0.1, 0.15) is 0 Å². The van der Waals surface area contributed by atoms with Crippen molar-refractivity contribution in [1.29, 1.82) is 0 Å². The standard InChI is InChI=1S/C25H23N5O4.ClH/c1-26-15-22(31)27-14-16-7-9-18(10-8-16)28-24(17-5-3-2-4-6-17)23-20-13-19(30(33)34)11-12-21(20)29-25(23)32;/h2-13,26,29,32H,14-15H2,1H3,(H,27,31);1H. The van der Waals surface area contributed by atoms with Gasteiger partial charge < -0.3 is 20.7 Å². The number of amides is 1. The van der Waals surface area contributed by atoms with E-state index in [-0.39, 0.29) is 36.4 Å². The quantitative estimate of drug-likeness (QED) is 0.166. The van der Waals surface area contributed by atoms with Crippen molar-refractivity contribution in [2.45, 2.75) is 6.54 Å². The van der Waals surface area contributed by atoms with Crippen LogP contribution in [0.4, 0.5) is 11.4 Å². The summed E-state index contributed by atoms with van der Waals surface area (Å²) in [4.78, 5) is 30.2. The number of nitro groups is 1. The topological polar surface area (TPSA) is 133 Å². The summed E-state index contributed by atoms with van der Waals surface area (Å²) < 4.78 is 0. The summed E-state index contributed by atoms with van der Waals surface area (Å²) in [6, 6.07) is 21.0. The number of nitro benzene ring substituents is 1. The molecule has 35 heavy (non-hydrogen) atoms. The summed E-state index contributed by atoms with van der Waals surface area (Å²) >= 11 is 0. The van der Waals surface area contributed by atoms with E-state index < -0.39 is 4.92 Å². The number of H-pyrrole nitrogens is 1. The van der Waals surface area contributed by atoms with Crippen LogP contribution in [0.1, 0.15) is 16.7 Å². The Morgan fingerprint density at radius 3 is 2.46 bits per heavy atom. The Morgan fingerprint density at radius 1 is 1.09 bits per heavy atom. The van der Waals surface area contributed by atoms with Crippen molar-refractivity contribution in [2.24, 2.45) is 4.99 Å². The SMILES string of the molecule is CNCC(=O)NCc1ccc(N=C(c2ccccc2)c2c(O)[nH]c3ccc([N+](=O)[O-])cc23)cc1.Cl. The molecule has 4 aromatic rings. The number of rotatable bonds is 8. The second kappa shape index (κ2) is 11.3. The molecule has 3 aromatic carbocycles. The molecule has 0 aliphatic rings. The molecule has 1 aromatic heterocycles.